The van der Waals surface area contributed by atoms with Gasteiger partial charge in [0, 0.05) is 30.6 Å². The number of halogens is 2. The molecule has 150 valence electrons. The Hall–Kier alpha value is -2.46. The van der Waals surface area contributed by atoms with E-state index >= 15 is 0 Å². The highest BCUT2D eigenvalue weighted by Gasteiger charge is 2.22. The zero-order valence-electron chi connectivity index (χ0n) is 15.1. The Morgan fingerprint density at radius 3 is 3.07 bits per heavy atom. The highest BCUT2D eigenvalue weighted by molar-refractivity contribution is 7.82. The van der Waals surface area contributed by atoms with Gasteiger partial charge in [-0.25, -0.2) is 23.0 Å². The maximum Gasteiger partial charge on any atom is 0.279 e. The van der Waals surface area contributed by atoms with Crippen molar-refractivity contribution in [2.45, 2.75) is 19.3 Å². The van der Waals surface area contributed by atoms with E-state index in [9.17, 15) is 13.0 Å². The summed E-state index contributed by atoms with van der Waals surface area (Å²) in [6.45, 7) is 1.63. The lowest BCUT2D eigenvalue weighted by atomic mass is 10.00. The van der Waals surface area contributed by atoms with Gasteiger partial charge in [-0.05, 0) is 43.0 Å². The molecule has 1 aliphatic rings. The summed E-state index contributed by atoms with van der Waals surface area (Å²) in [5.74, 6) is 1.97. The van der Waals surface area contributed by atoms with E-state index in [1.54, 1.807) is 12.4 Å². The molecule has 2 unspecified atom stereocenters. The summed E-state index contributed by atoms with van der Waals surface area (Å²) in [5.41, 5.74) is 0.830. The molecule has 1 saturated heterocycles. The highest BCUT2D eigenvalue weighted by atomic mass is 32.2. The van der Waals surface area contributed by atoms with E-state index in [1.165, 1.54) is 6.08 Å². The number of H-pyrrole nitrogens is 1. The van der Waals surface area contributed by atoms with Crippen molar-refractivity contribution in [1.29, 1.82) is 5.41 Å². The predicted molar refractivity (Wildman–Crippen MR) is 107 cm³/mol. The van der Waals surface area contributed by atoms with Crippen molar-refractivity contribution < 1.29 is 13.0 Å². The summed E-state index contributed by atoms with van der Waals surface area (Å²) in [6, 6.07) is 3.77. The van der Waals surface area contributed by atoms with Crippen LogP contribution in [0.15, 0.2) is 30.6 Å². The molecule has 10 heteroatoms. The molecule has 3 rings (SSSR count). The number of rotatable bonds is 7. The second-order valence-corrected chi connectivity index (χ2v) is 7.77. The van der Waals surface area contributed by atoms with Crippen LogP contribution in [0.2, 0.25) is 0 Å². The SMILES string of the molecule is N=C(/C=C\c1ncc(-c2ccnc(N3CCCC(CS(N)=O)C3)c2)[nH]1)C(F)F. The molecular weight excluding hydrogens is 386 g/mol. The molecule has 0 aliphatic carbocycles. The molecule has 2 atom stereocenters. The minimum absolute atomic E-state index is 0.277. The zero-order chi connectivity index (χ0) is 20.1. The third-order valence-electron chi connectivity index (χ3n) is 4.55. The van der Waals surface area contributed by atoms with Gasteiger partial charge in [0.1, 0.15) is 11.6 Å². The number of imidazole rings is 1. The Balaban J connectivity index is 1.73. The van der Waals surface area contributed by atoms with Gasteiger partial charge in [-0.15, -0.1) is 0 Å². The summed E-state index contributed by atoms with van der Waals surface area (Å²) in [4.78, 5) is 13.8. The molecule has 0 aromatic carbocycles. The number of pyridine rings is 1. The standard InChI is InChI=1S/C18H22F2N6OS/c19-18(20)14(21)3-4-16-24-9-15(25-16)13-5-6-23-17(8-13)26-7-1-2-12(10-26)11-28(22)27/h3-6,8-9,12,18,21H,1-2,7,10-11,22H2,(H,24,25)/b4-3-,21-14?. The van der Waals surface area contributed by atoms with Crippen molar-refractivity contribution in [3.63, 3.8) is 0 Å². The van der Waals surface area contributed by atoms with Crippen molar-refractivity contribution in [1.82, 2.24) is 15.0 Å². The van der Waals surface area contributed by atoms with Gasteiger partial charge in [0.2, 0.25) is 0 Å². The molecule has 2 aromatic heterocycles. The second-order valence-electron chi connectivity index (χ2n) is 6.68. The largest absolute Gasteiger partial charge is 0.356 e. The lowest BCUT2D eigenvalue weighted by Gasteiger charge is -2.33. The maximum absolute atomic E-state index is 12.4. The molecule has 7 nitrogen and oxygen atoms in total. The van der Waals surface area contributed by atoms with Crippen molar-refractivity contribution >= 4 is 28.6 Å². The van der Waals surface area contributed by atoms with E-state index in [2.05, 4.69) is 19.9 Å². The van der Waals surface area contributed by atoms with Crippen molar-refractivity contribution in [2.24, 2.45) is 11.1 Å². The van der Waals surface area contributed by atoms with Crippen LogP contribution in [0.3, 0.4) is 0 Å². The Morgan fingerprint density at radius 2 is 2.32 bits per heavy atom. The van der Waals surface area contributed by atoms with Gasteiger partial charge in [0.15, 0.2) is 0 Å². The molecule has 1 aliphatic heterocycles. The van der Waals surface area contributed by atoms with Crippen LogP contribution in [0.1, 0.15) is 18.7 Å². The van der Waals surface area contributed by atoms with Crippen molar-refractivity contribution in [2.75, 3.05) is 23.7 Å². The van der Waals surface area contributed by atoms with Crippen LogP contribution in [0.25, 0.3) is 17.3 Å². The predicted octanol–water partition coefficient (Wildman–Crippen LogP) is 2.61. The van der Waals surface area contributed by atoms with E-state index in [0.717, 1.165) is 49.1 Å². The van der Waals surface area contributed by atoms with Gasteiger partial charge >= 0.3 is 0 Å². The molecule has 2 aromatic rings. The molecular formula is C18H22F2N6OS. The van der Waals surface area contributed by atoms with E-state index in [-0.39, 0.29) is 5.92 Å². The molecule has 0 spiro atoms. The van der Waals surface area contributed by atoms with E-state index < -0.39 is 23.1 Å². The third kappa shape index (κ3) is 5.29. The summed E-state index contributed by atoms with van der Waals surface area (Å²) in [5, 5.41) is 12.6. The number of nitrogens with zero attached hydrogens (tertiary/aromatic N) is 3. The minimum atomic E-state index is -2.81. The number of allylic oxidation sites excluding steroid dienone is 1. The first-order valence-electron chi connectivity index (χ1n) is 8.86. The Labute approximate surface area is 164 Å². The van der Waals surface area contributed by atoms with Gasteiger partial charge in [-0.1, -0.05) is 0 Å². The Bertz CT molecular complexity index is 884. The molecule has 0 amide bonds. The molecule has 0 radical (unpaired) electrons. The molecule has 3 heterocycles. The first kappa shape index (κ1) is 20.3. The molecule has 4 N–H and O–H groups in total. The summed E-state index contributed by atoms with van der Waals surface area (Å²) in [6.07, 6.45) is 4.88. The number of hydrogen-bond donors (Lipinski definition) is 3. The normalized spacial score (nSPS) is 18.7. The summed E-state index contributed by atoms with van der Waals surface area (Å²) < 4.78 is 36.1. The lowest BCUT2D eigenvalue weighted by molar-refractivity contribution is 0.226. The van der Waals surface area contributed by atoms with Crippen LogP contribution in [0.5, 0.6) is 0 Å². The smallest absolute Gasteiger partial charge is 0.279 e. The number of aromatic nitrogens is 3. The van der Waals surface area contributed by atoms with Crippen LogP contribution in [-0.4, -0.2) is 50.1 Å². The average molecular weight is 408 g/mol. The van der Waals surface area contributed by atoms with Crippen LogP contribution >= 0.6 is 0 Å². The Morgan fingerprint density at radius 1 is 1.50 bits per heavy atom. The number of piperidine rings is 1. The van der Waals surface area contributed by atoms with Crippen molar-refractivity contribution in [3.05, 3.63) is 36.4 Å². The molecule has 28 heavy (non-hydrogen) atoms. The average Bonchev–Trinajstić information content (AvgIpc) is 3.15. The second kappa shape index (κ2) is 9.16. The maximum atomic E-state index is 12.4. The first-order valence-corrected chi connectivity index (χ1v) is 10.2. The van der Waals surface area contributed by atoms with Crippen LogP contribution in [0, 0.1) is 11.3 Å². The van der Waals surface area contributed by atoms with Gasteiger partial charge in [0.25, 0.3) is 6.43 Å². The van der Waals surface area contributed by atoms with E-state index in [1.807, 2.05) is 12.1 Å². The number of anilines is 1. The number of nitrogens with two attached hydrogens (primary N) is 1. The highest BCUT2D eigenvalue weighted by Crippen LogP contribution is 2.26. The fraction of sp³-hybridized carbons (Fsp3) is 0.389. The fourth-order valence-electron chi connectivity index (χ4n) is 3.21. The number of alkyl halides is 2. The van der Waals surface area contributed by atoms with Gasteiger partial charge in [0.05, 0.1) is 28.6 Å². The Kier molecular flexibility index (Phi) is 6.63. The number of hydrogen-bond acceptors (Lipinski definition) is 5. The van der Waals surface area contributed by atoms with E-state index in [0.29, 0.717) is 11.6 Å². The summed E-state index contributed by atoms with van der Waals surface area (Å²) in [7, 11) is -1.30. The quantitative estimate of drug-likeness (QED) is 0.611. The van der Waals surface area contributed by atoms with Crippen LogP contribution in [0.4, 0.5) is 14.6 Å². The van der Waals surface area contributed by atoms with Crippen molar-refractivity contribution in [3.8, 4) is 11.3 Å². The zero-order valence-corrected chi connectivity index (χ0v) is 16.0. The van der Waals surface area contributed by atoms with Gasteiger partial charge in [-0.3, -0.25) is 10.5 Å². The van der Waals surface area contributed by atoms with Crippen LogP contribution < -0.4 is 10.0 Å². The van der Waals surface area contributed by atoms with Gasteiger partial charge in [-0.2, -0.15) is 0 Å². The van der Waals surface area contributed by atoms with E-state index in [4.69, 9.17) is 10.5 Å². The first-order chi connectivity index (χ1) is 13.4. The monoisotopic (exact) mass is 408 g/mol. The molecule has 0 saturated carbocycles. The van der Waals surface area contributed by atoms with Gasteiger partial charge < -0.3 is 9.88 Å². The third-order valence-corrected chi connectivity index (χ3v) is 5.35. The number of aromatic amines is 1. The summed E-state index contributed by atoms with van der Waals surface area (Å²) >= 11 is 0. The number of nitrogens with one attached hydrogen (secondary N) is 2. The molecule has 1 fully saturated rings. The lowest BCUT2D eigenvalue weighted by Crippen LogP contribution is -2.38. The fourth-order valence-corrected chi connectivity index (χ4v) is 3.95. The molecule has 0 bridgehead atoms. The van der Waals surface area contributed by atoms with Crippen LogP contribution in [-0.2, 0) is 11.0 Å². The topological polar surface area (TPSA) is 112 Å². The minimum Gasteiger partial charge on any atom is -0.356 e.